The van der Waals surface area contributed by atoms with E-state index >= 15 is 0 Å². The van der Waals surface area contributed by atoms with Crippen molar-refractivity contribution in [3.05, 3.63) is 66.4 Å². The fourth-order valence-corrected chi connectivity index (χ4v) is 3.32. The number of aromatic nitrogens is 4. The van der Waals surface area contributed by atoms with Gasteiger partial charge in [-0.05, 0) is 29.8 Å². The first-order valence-electron chi connectivity index (χ1n) is 7.41. The molecule has 120 valence electrons. The van der Waals surface area contributed by atoms with Crippen LogP contribution in [-0.2, 0) is 6.54 Å². The van der Waals surface area contributed by atoms with Crippen LogP contribution in [0.25, 0.3) is 16.2 Å². The average Bonchev–Trinajstić information content (AvgIpc) is 3.14. The van der Waals surface area contributed by atoms with Crippen molar-refractivity contribution >= 4 is 21.4 Å². The molecule has 0 unspecified atom stereocenters. The molecule has 0 N–H and O–H groups in total. The smallest absolute Gasteiger partial charge is 0.214 e. The SMILES string of the molecule is CN(Cc1cccc(F)c1)c1nn2cc(-c3cccnc3)nc2s1. The zero-order chi connectivity index (χ0) is 16.5. The molecule has 0 fully saturated rings. The number of nitrogens with zero attached hydrogens (tertiary/aromatic N) is 5. The second-order valence-electron chi connectivity index (χ2n) is 5.47. The Morgan fingerprint density at radius 1 is 1.25 bits per heavy atom. The fraction of sp³-hybridized carbons (Fsp3) is 0.118. The molecule has 0 atom stereocenters. The molecule has 0 aliphatic heterocycles. The Hall–Kier alpha value is -2.80. The lowest BCUT2D eigenvalue weighted by atomic mass is 10.2. The molecule has 4 aromatic rings. The average molecular weight is 339 g/mol. The summed E-state index contributed by atoms with van der Waals surface area (Å²) in [6, 6.07) is 10.5. The van der Waals surface area contributed by atoms with Crippen molar-refractivity contribution in [3.63, 3.8) is 0 Å². The largest absolute Gasteiger partial charge is 0.345 e. The van der Waals surface area contributed by atoms with Crippen molar-refractivity contribution < 1.29 is 4.39 Å². The summed E-state index contributed by atoms with van der Waals surface area (Å²) in [6.07, 6.45) is 5.41. The van der Waals surface area contributed by atoms with Crippen molar-refractivity contribution in [1.82, 2.24) is 19.6 Å². The molecule has 0 aliphatic carbocycles. The summed E-state index contributed by atoms with van der Waals surface area (Å²) in [7, 11) is 1.94. The second kappa shape index (κ2) is 6.01. The Labute approximate surface area is 142 Å². The van der Waals surface area contributed by atoms with Gasteiger partial charge in [0.2, 0.25) is 10.1 Å². The van der Waals surface area contributed by atoms with Crippen molar-refractivity contribution in [2.45, 2.75) is 6.54 Å². The predicted molar refractivity (Wildman–Crippen MR) is 92.6 cm³/mol. The lowest BCUT2D eigenvalue weighted by Gasteiger charge is -2.14. The number of anilines is 1. The summed E-state index contributed by atoms with van der Waals surface area (Å²) in [5, 5.41) is 5.39. The Morgan fingerprint density at radius 3 is 2.92 bits per heavy atom. The van der Waals surface area contributed by atoms with Crippen LogP contribution < -0.4 is 4.90 Å². The molecule has 1 aromatic carbocycles. The minimum Gasteiger partial charge on any atom is -0.345 e. The van der Waals surface area contributed by atoms with E-state index in [1.165, 1.54) is 23.5 Å². The van der Waals surface area contributed by atoms with Crippen LogP contribution in [0, 0.1) is 5.82 Å². The predicted octanol–water partition coefficient (Wildman–Crippen LogP) is 3.63. The number of fused-ring (bicyclic) bond motifs is 1. The van der Waals surface area contributed by atoms with E-state index in [2.05, 4.69) is 15.1 Å². The van der Waals surface area contributed by atoms with Crippen molar-refractivity contribution in [2.75, 3.05) is 11.9 Å². The highest BCUT2D eigenvalue weighted by molar-refractivity contribution is 7.20. The zero-order valence-corrected chi connectivity index (χ0v) is 13.7. The Bertz CT molecular complexity index is 947. The highest BCUT2D eigenvalue weighted by Gasteiger charge is 2.13. The van der Waals surface area contributed by atoms with Gasteiger partial charge in [-0.3, -0.25) is 4.98 Å². The van der Waals surface area contributed by atoms with E-state index in [-0.39, 0.29) is 5.82 Å². The molecule has 0 radical (unpaired) electrons. The van der Waals surface area contributed by atoms with Gasteiger partial charge in [0.25, 0.3) is 0 Å². The highest BCUT2D eigenvalue weighted by atomic mass is 32.1. The van der Waals surface area contributed by atoms with Gasteiger partial charge in [-0.15, -0.1) is 5.10 Å². The second-order valence-corrected chi connectivity index (χ2v) is 6.40. The monoisotopic (exact) mass is 339 g/mol. The first-order valence-corrected chi connectivity index (χ1v) is 8.23. The molecular formula is C17H14FN5S. The van der Waals surface area contributed by atoms with Gasteiger partial charge in [0, 0.05) is 31.5 Å². The number of pyridine rings is 1. The van der Waals surface area contributed by atoms with E-state index in [1.54, 1.807) is 23.0 Å². The molecule has 24 heavy (non-hydrogen) atoms. The van der Waals surface area contributed by atoms with Crippen LogP contribution in [0.5, 0.6) is 0 Å². The third-order valence-electron chi connectivity index (χ3n) is 3.63. The van der Waals surface area contributed by atoms with Crippen molar-refractivity contribution in [1.29, 1.82) is 0 Å². The minimum atomic E-state index is -0.226. The third-order valence-corrected chi connectivity index (χ3v) is 4.66. The van der Waals surface area contributed by atoms with Crippen LogP contribution in [0.15, 0.2) is 55.0 Å². The number of hydrogen-bond acceptors (Lipinski definition) is 5. The third kappa shape index (κ3) is 2.85. The van der Waals surface area contributed by atoms with Crippen LogP contribution >= 0.6 is 11.3 Å². The highest BCUT2D eigenvalue weighted by Crippen LogP contribution is 2.26. The maximum atomic E-state index is 13.3. The standard InChI is InChI=1S/C17H14FN5S/c1-22(10-12-4-2-6-14(18)8-12)17-21-23-11-15(20-16(23)24-17)13-5-3-7-19-9-13/h2-9,11H,10H2,1H3. The molecule has 0 saturated carbocycles. The summed E-state index contributed by atoms with van der Waals surface area (Å²) in [4.78, 5) is 11.5. The van der Waals surface area contributed by atoms with Gasteiger partial charge in [0.15, 0.2) is 0 Å². The summed E-state index contributed by atoms with van der Waals surface area (Å²) < 4.78 is 15.1. The van der Waals surface area contributed by atoms with Gasteiger partial charge in [-0.25, -0.2) is 13.9 Å². The molecule has 3 heterocycles. The topological polar surface area (TPSA) is 46.3 Å². The van der Waals surface area contributed by atoms with Gasteiger partial charge in [0.05, 0.1) is 11.9 Å². The molecule has 0 saturated heterocycles. The van der Waals surface area contributed by atoms with Crippen molar-refractivity contribution in [3.8, 4) is 11.3 Å². The molecule has 0 amide bonds. The summed E-state index contributed by atoms with van der Waals surface area (Å²) in [6.45, 7) is 0.587. The van der Waals surface area contributed by atoms with E-state index in [0.717, 1.165) is 26.9 Å². The number of hydrogen-bond donors (Lipinski definition) is 0. The van der Waals surface area contributed by atoms with Crippen LogP contribution in [0.4, 0.5) is 9.52 Å². The Kier molecular flexibility index (Phi) is 3.70. The van der Waals surface area contributed by atoms with E-state index in [0.29, 0.717) is 6.54 Å². The molecule has 4 rings (SSSR count). The van der Waals surface area contributed by atoms with Gasteiger partial charge in [-0.1, -0.05) is 23.5 Å². The van der Waals surface area contributed by atoms with Gasteiger partial charge >= 0.3 is 0 Å². The van der Waals surface area contributed by atoms with Gasteiger partial charge in [0.1, 0.15) is 5.82 Å². The van der Waals surface area contributed by atoms with Crippen LogP contribution in [0.3, 0.4) is 0 Å². The minimum absolute atomic E-state index is 0.226. The first kappa shape index (κ1) is 14.8. The van der Waals surface area contributed by atoms with E-state index in [9.17, 15) is 4.39 Å². The maximum Gasteiger partial charge on any atom is 0.214 e. The van der Waals surface area contributed by atoms with E-state index in [4.69, 9.17) is 0 Å². The Balaban J connectivity index is 1.58. The number of halogens is 1. The lowest BCUT2D eigenvalue weighted by molar-refractivity contribution is 0.625. The van der Waals surface area contributed by atoms with Crippen LogP contribution in [0.1, 0.15) is 5.56 Å². The fourth-order valence-electron chi connectivity index (χ4n) is 2.47. The van der Waals surface area contributed by atoms with Crippen LogP contribution in [-0.4, -0.2) is 26.6 Å². The molecule has 0 bridgehead atoms. The molecular weight excluding hydrogens is 325 g/mol. The van der Waals surface area contributed by atoms with Gasteiger partial charge in [-0.2, -0.15) is 0 Å². The Morgan fingerprint density at radius 2 is 2.17 bits per heavy atom. The molecule has 3 aromatic heterocycles. The molecule has 0 spiro atoms. The number of rotatable bonds is 4. The number of imidazole rings is 1. The maximum absolute atomic E-state index is 13.3. The van der Waals surface area contributed by atoms with Gasteiger partial charge < -0.3 is 4.90 Å². The van der Waals surface area contributed by atoms with Crippen molar-refractivity contribution in [2.24, 2.45) is 0 Å². The summed E-state index contributed by atoms with van der Waals surface area (Å²) in [5.74, 6) is -0.226. The molecule has 7 heteroatoms. The van der Waals surface area contributed by atoms with Crippen LogP contribution in [0.2, 0.25) is 0 Å². The zero-order valence-electron chi connectivity index (χ0n) is 12.9. The summed E-state index contributed by atoms with van der Waals surface area (Å²) in [5.41, 5.74) is 2.72. The molecule has 0 aliphatic rings. The lowest BCUT2D eigenvalue weighted by Crippen LogP contribution is -2.16. The normalized spacial score (nSPS) is 11.1. The molecule has 5 nitrogen and oxygen atoms in total. The van der Waals surface area contributed by atoms with E-state index in [1.807, 2.05) is 36.3 Å². The number of benzene rings is 1. The first-order chi connectivity index (χ1) is 11.7. The summed E-state index contributed by atoms with van der Waals surface area (Å²) >= 11 is 1.50. The quantitative estimate of drug-likeness (QED) is 0.570. The van der Waals surface area contributed by atoms with E-state index < -0.39 is 0 Å².